The number of hydrogen-bond acceptors (Lipinski definition) is 3. The maximum absolute atomic E-state index is 11.0. The van der Waals surface area contributed by atoms with E-state index in [9.17, 15) is 13.5 Å². The molecule has 0 amide bonds. The van der Waals surface area contributed by atoms with Crippen LogP contribution in [0, 0.1) is 5.41 Å². The Kier molecular flexibility index (Phi) is 4.59. The Morgan fingerprint density at radius 2 is 1.80 bits per heavy atom. The fourth-order valence-electron chi connectivity index (χ4n) is 2.50. The first-order chi connectivity index (χ1) is 6.97. The molecule has 0 heterocycles. The smallest absolute Gasteiger partial charge is 0.147 e. The lowest BCUT2D eigenvalue weighted by Crippen LogP contribution is -2.28. The van der Waals surface area contributed by atoms with Crippen molar-refractivity contribution in [1.29, 1.82) is 0 Å². The van der Waals surface area contributed by atoms with Crippen LogP contribution in [0.2, 0.25) is 0 Å². The van der Waals surface area contributed by atoms with Crippen LogP contribution in [0.25, 0.3) is 0 Å². The van der Waals surface area contributed by atoms with Crippen molar-refractivity contribution in [3.63, 3.8) is 0 Å². The zero-order valence-corrected chi connectivity index (χ0v) is 10.4. The topological polar surface area (TPSA) is 54.4 Å². The lowest BCUT2D eigenvalue weighted by Gasteiger charge is -2.35. The van der Waals surface area contributed by atoms with Gasteiger partial charge >= 0.3 is 0 Å². The molecule has 0 radical (unpaired) electrons. The van der Waals surface area contributed by atoms with Gasteiger partial charge in [-0.1, -0.05) is 19.3 Å². The van der Waals surface area contributed by atoms with Crippen LogP contribution in [0.4, 0.5) is 0 Å². The molecule has 0 saturated heterocycles. The average molecular weight is 234 g/mol. The Bertz CT molecular complexity index is 276. The van der Waals surface area contributed by atoms with Gasteiger partial charge in [0, 0.05) is 18.6 Å². The van der Waals surface area contributed by atoms with Crippen molar-refractivity contribution in [2.75, 3.05) is 18.6 Å². The van der Waals surface area contributed by atoms with E-state index in [0.717, 1.165) is 19.3 Å². The number of aliphatic hydroxyl groups is 1. The van der Waals surface area contributed by atoms with Crippen molar-refractivity contribution in [2.24, 2.45) is 5.41 Å². The summed E-state index contributed by atoms with van der Waals surface area (Å²) < 4.78 is 22.0. The fourth-order valence-corrected chi connectivity index (χ4v) is 3.17. The predicted octanol–water partition coefficient (Wildman–Crippen LogP) is 1.75. The van der Waals surface area contributed by atoms with E-state index < -0.39 is 9.84 Å². The highest BCUT2D eigenvalue weighted by molar-refractivity contribution is 7.90. The molecule has 0 aromatic carbocycles. The molecular formula is C11H22O3S. The third-order valence-corrected chi connectivity index (χ3v) is 4.50. The van der Waals surface area contributed by atoms with Gasteiger partial charge in [0.25, 0.3) is 0 Å². The quantitative estimate of drug-likeness (QED) is 0.788. The zero-order valence-electron chi connectivity index (χ0n) is 9.54. The molecule has 0 atom stereocenters. The third-order valence-electron chi connectivity index (χ3n) is 3.47. The normalized spacial score (nSPS) is 21.5. The van der Waals surface area contributed by atoms with Crippen LogP contribution < -0.4 is 0 Å². The minimum Gasteiger partial charge on any atom is -0.396 e. The summed E-state index contributed by atoms with van der Waals surface area (Å²) in [4.78, 5) is 0. The number of rotatable bonds is 5. The second-order valence-electron chi connectivity index (χ2n) is 4.95. The minimum atomic E-state index is -2.84. The minimum absolute atomic E-state index is 0.0307. The second kappa shape index (κ2) is 5.30. The second-order valence-corrected chi connectivity index (χ2v) is 7.21. The van der Waals surface area contributed by atoms with Crippen molar-refractivity contribution >= 4 is 9.84 Å². The van der Waals surface area contributed by atoms with Gasteiger partial charge in [0.2, 0.25) is 0 Å². The highest BCUT2D eigenvalue weighted by Gasteiger charge is 2.30. The van der Waals surface area contributed by atoms with Gasteiger partial charge in [-0.05, 0) is 31.1 Å². The van der Waals surface area contributed by atoms with Gasteiger partial charge < -0.3 is 5.11 Å². The molecule has 1 N–H and O–H groups in total. The zero-order chi connectivity index (χ0) is 11.4. The summed E-state index contributed by atoms with van der Waals surface area (Å²) in [7, 11) is -2.84. The van der Waals surface area contributed by atoms with Crippen molar-refractivity contribution in [1.82, 2.24) is 0 Å². The van der Waals surface area contributed by atoms with Crippen molar-refractivity contribution in [3.8, 4) is 0 Å². The van der Waals surface area contributed by atoms with Gasteiger partial charge in [0.05, 0.1) is 0 Å². The molecule has 1 fully saturated rings. The molecule has 4 heteroatoms. The van der Waals surface area contributed by atoms with Crippen molar-refractivity contribution in [3.05, 3.63) is 0 Å². The molecule has 0 unspecified atom stereocenters. The third kappa shape index (κ3) is 4.51. The number of aliphatic hydroxyl groups excluding tert-OH is 1. The molecule has 3 nitrogen and oxygen atoms in total. The molecule has 0 aromatic rings. The van der Waals surface area contributed by atoms with Gasteiger partial charge in [0.15, 0.2) is 0 Å². The Balaban J connectivity index is 2.39. The first-order valence-corrected chi connectivity index (χ1v) is 7.82. The van der Waals surface area contributed by atoms with Crippen LogP contribution in [0.3, 0.4) is 0 Å². The molecule has 0 aromatic heterocycles. The van der Waals surface area contributed by atoms with Gasteiger partial charge in [-0.25, -0.2) is 8.42 Å². The average Bonchev–Trinajstić information content (AvgIpc) is 2.17. The molecule has 0 spiro atoms. The van der Waals surface area contributed by atoms with Gasteiger partial charge in [-0.15, -0.1) is 0 Å². The summed E-state index contributed by atoms with van der Waals surface area (Å²) in [6.07, 6.45) is 8.57. The maximum atomic E-state index is 11.0. The maximum Gasteiger partial charge on any atom is 0.147 e. The van der Waals surface area contributed by atoms with Crippen LogP contribution in [0.1, 0.15) is 44.9 Å². The monoisotopic (exact) mass is 234 g/mol. The van der Waals surface area contributed by atoms with E-state index in [1.54, 1.807) is 0 Å². The SMILES string of the molecule is CS(=O)(=O)CCCC1(CO)CCCCC1. The number of hydrogen-bond donors (Lipinski definition) is 1. The summed E-state index contributed by atoms with van der Waals surface area (Å²) in [5, 5.41) is 9.42. The van der Waals surface area contributed by atoms with E-state index >= 15 is 0 Å². The summed E-state index contributed by atoms with van der Waals surface area (Å²) in [6.45, 7) is 0.219. The Hall–Kier alpha value is -0.0900. The Morgan fingerprint density at radius 1 is 1.20 bits per heavy atom. The first kappa shape index (κ1) is 13.0. The summed E-state index contributed by atoms with van der Waals surface area (Å²) in [6, 6.07) is 0. The van der Waals surface area contributed by atoms with Crippen LogP contribution in [0.5, 0.6) is 0 Å². The molecule has 90 valence electrons. The van der Waals surface area contributed by atoms with E-state index in [2.05, 4.69) is 0 Å². The lowest BCUT2D eigenvalue weighted by molar-refractivity contribution is 0.0729. The van der Waals surface area contributed by atoms with Gasteiger partial charge in [-0.2, -0.15) is 0 Å². The van der Waals surface area contributed by atoms with Crippen molar-refractivity contribution < 1.29 is 13.5 Å². The largest absolute Gasteiger partial charge is 0.396 e. The molecule has 1 rings (SSSR count). The van der Waals surface area contributed by atoms with E-state index in [0.29, 0.717) is 6.42 Å². The molecular weight excluding hydrogens is 212 g/mol. The van der Waals surface area contributed by atoms with Crippen LogP contribution in [-0.2, 0) is 9.84 Å². The van der Waals surface area contributed by atoms with Crippen molar-refractivity contribution in [2.45, 2.75) is 44.9 Å². The Morgan fingerprint density at radius 3 is 2.27 bits per heavy atom. The highest BCUT2D eigenvalue weighted by Crippen LogP contribution is 2.39. The molecule has 1 saturated carbocycles. The predicted molar refractivity (Wildman–Crippen MR) is 61.5 cm³/mol. The Labute approximate surface area is 92.8 Å². The van der Waals surface area contributed by atoms with E-state index in [1.165, 1.54) is 25.5 Å². The highest BCUT2D eigenvalue weighted by atomic mass is 32.2. The number of sulfone groups is 1. The molecule has 0 aliphatic heterocycles. The molecule has 1 aliphatic rings. The molecule has 0 bridgehead atoms. The lowest BCUT2D eigenvalue weighted by atomic mass is 9.72. The van der Waals surface area contributed by atoms with Crippen LogP contribution in [0.15, 0.2) is 0 Å². The standard InChI is InChI=1S/C11H22O3S/c1-15(13,14)9-5-8-11(10-12)6-3-2-4-7-11/h12H,2-10H2,1H3. The van der Waals surface area contributed by atoms with E-state index in [4.69, 9.17) is 0 Å². The first-order valence-electron chi connectivity index (χ1n) is 5.76. The summed E-state index contributed by atoms with van der Waals surface area (Å²) >= 11 is 0. The fraction of sp³-hybridized carbons (Fsp3) is 1.00. The molecule has 1 aliphatic carbocycles. The van der Waals surface area contributed by atoms with Gasteiger partial charge in [-0.3, -0.25) is 0 Å². The van der Waals surface area contributed by atoms with E-state index in [-0.39, 0.29) is 17.8 Å². The van der Waals surface area contributed by atoms with Crippen LogP contribution >= 0.6 is 0 Å². The van der Waals surface area contributed by atoms with Crippen LogP contribution in [-0.4, -0.2) is 32.1 Å². The van der Waals surface area contributed by atoms with Gasteiger partial charge in [0.1, 0.15) is 9.84 Å². The summed E-state index contributed by atoms with van der Waals surface area (Å²) in [5.74, 6) is 0.259. The van der Waals surface area contributed by atoms with E-state index in [1.807, 2.05) is 0 Å². The molecule has 15 heavy (non-hydrogen) atoms. The summed E-state index contributed by atoms with van der Waals surface area (Å²) in [5.41, 5.74) is 0.0307.